The smallest absolute Gasteiger partial charge is 0.162 e. The number of aryl methyl sites for hydroxylation is 1. The molecule has 0 aromatic carbocycles. The highest BCUT2D eigenvalue weighted by Crippen LogP contribution is 2.38. The minimum Gasteiger partial charge on any atom is -0.390 e. The minimum atomic E-state index is -0.690. The highest BCUT2D eigenvalue weighted by Gasteiger charge is 2.45. The molecule has 0 amide bonds. The average molecular weight is 305 g/mol. The molecule has 6 nitrogen and oxygen atoms in total. The van der Waals surface area contributed by atoms with Gasteiger partial charge in [0.25, 0.3) is 0 Å². The molecule has 0 bridgehead atoms. The Labute approximate surface area is 129 Å². The molecule has 5 atom stereocenters. The van der Waals surface area contributed by atoms with Crippen molar-refractivity contribution in [1.29, 1.82) is 0 Å². The SMILES string of the molecule is Cc1ncnc2c1ccn2[C@@H]1O[C@H]([C@@H](O)C(C)C)[C@@H](C)[C@H]1O. The molecule has 0 saturated carbocycles. The zero-order valence-electron chi connectivity index (χ0n) is 13.3. The number of aliphatic hydroxyl groups is 2. The predicted octanol–water partition coefficient (Wildman–Crippen LogP) is 1.65. The van der Waals surface area contributed by atoms with E-state index in [9.17, 15) is 10.2 Å². The fourth-order valence-corrected chi connectivity index (χ4v) is 3.12. The van der Waals surface area contributed by atoms with Crippen molar-refractivity contribution in [2.75, 3.05) is 0 Å². The van der Waals surface area contributed by atoms with E-state index < -0.39 is 18.4 Å². The third-order valence-corrected chi connectivity index (χ3v) is 4.65. The summed E-state index contributed by atoms with van der Waals surface area (Å²) in [4.78, 5) is 8.49. The van der Waals surface area contributed by atoms with E-state index >= 15 is 0 Å². The first-order chi connectivity index (χ1) is 10.4. The van der Waals surface area contributed by atoms with Crippen molar-refractivity contribution in [2.45, 2.75) is 52.2 Å². The van der Waals surface area contributed by atoms with Gasteiger partial charge in [0.15, 0.2) is 6.23 Å². The maximum absolute atomic E-state index is 10.6. The molecule has 6 heteroatoms. The fourth-order valence-electron chi connectivity index (χ4n) is 3.12. The number of ether oxygens (including phenoxy) is 1. The monoisotopic (exact) mass is 305 g/mol. The number of hydrogen-bond acceptors (Lipinski definition) is 5. The fraction of sp³-hybridized carbons (Fsp3) is 0.625. The van der Waals surface area contributed by atoms with Crippen LogP contribution in [0.15, 0.2) is 18.6 Å². The van der Waals surface area contributed by atoms with Crippen LogP contribution in [0.2, 0.25) is 0 Å². The van der Waals surface area contributed by atoms with Gasteiger partial charge in [-0.15, -0.1) is 0 Å². The Morgan fingerprint density at radius 1 is 1.32 bits per heavy atom. The summed E-state index contributed by atoms with van der Waals surface area (Å²) >= 11 is 0. The molecule has 1 fully saturated rings. The summed E-state index contributed by atoms with van der Waals surface area (Å²) in [6, 6.07) is 1.93. The summed E-state index contributed by atoms with van der Waals surface area (Å²) < 4.78 is 7.84. The molecule has 2 aromatic heterocycles. The van der Waals surface area contributed by atoms with Gasteiger partial charge in [0.2, 0.25) is 0 Å². The van der Waals surface area contributed by atoms with E-state index in [4.69, 9.17) is 4.74 Å². The lowest BCUT2D eigenvalue weighted by Crippen LogP contribution is -2.35. The summed E-state index contributed by atoms with van der Waals surface area (Å²) in [6.07, 6.45) is 1.15. The van der Waals surface area contributed by atoms with Crippen LogP contribution in [-0.4, -0.2) is 43.1 Å². The number of aliphatic hydroxyl groups excluding tert-OH is 2. The van der Waals surface area contributed by atoms with Crippen molar-refractivity contribution in [1.82, 2.24) is 14.5 Å². The lowest BCUT2D eigenvalue weighted by molar-refractivity contribution is -0.0879. The molecule has 2 aromatic rings. The van der Waals surface area contributed by atoms with Gasteiger partial charge in [0.05, 0.1) is 17.9 Å². The van der Waals surface area contributed by atoms with Gasteiger partial charge in [-0.3, -0.25) is 0 Å². The van der Waals surface area contributed by atoms with Crippen molar-refractivity contribution in [3.8, 4) is 0 Å². The van der Waals surface area contributed by atoms with E-state index in [-0.39, 0.29) is 17.9 Å². The van der Waals surface area contributed by atoms with Gasteiger partial charge in [-0.1, -0.05) is 20.8 Å². The Kier molecular flexibility index (Phi) is 3.92. The van der Waals surface area contributed by atoms with E-state index in [1.54, 1.807) is 0 Å². The molecule has 0 unspecified atom stereocenters. The predicted molar refractivity (Wildman–Crippen MR) is 82.2 cm³/mol. The molecule has 1 aliphatic heterocycles. The maximum Gasteiger partial charge on any atom is 0.162 e. The van der Waals surface area contributed by atoms with Crippen LogP contribution in [0.5, 0.6) is 0 Å². The summed E-state index contributed by atoms with van der Waals surface area (Å²) in [5, 5.41) is 21.8. The Balaban J connectivity index is 1.96. The van der Waals surface area contributed by atoms with Crippen LogP contribution in [-0.2, 0) is 4.74 Å². The molecule has 22 heavy (non-hydrogen) atoms. The number of nitrogens with zero attached hydrogens (tertiary/aromatic N) is 3. The zero-order chi connectivity index (χ0) is 16.0. The van der Waals surface area contributed by atoms with Crippen LogP contribution in [0, 0.1) is 18.8 Å². The second-order valence-corrected chi connectivity index (χ2v) is 6.49. The number of aromatic nitrogens is 3. The lowest BCUT2D eigenvalue weighted by Gasteiger charge is -2.24. The maximum atomic E-state index is 10.6. The van der Waals surface area contributed by atoms with Gasteiger partial charge >= 0.3 is 0 Å². The van der Waals surface area contributed by atoms with Crippen molar-refractivity contribution >= 4 is 11.0 Å². The first kappa shape index (κ1) is 15.4. The molecular formula is C16H23N3O3. The summed E-state index contributed by atoms with van der Waals surface area (Å²) in [6.45, 7) is 7.73. The first-order valence-corrected chi connectivity index (χ1v) is 7.71. The minimum absolute atomic E-state index is 0.0735. The Morgan fingerprint density at radius 3 is 2.73 bits per heavy atom. The molecule has 3 rings (SSSR count). The summed E-state index contributed by atoms with van der Waals surface area (Å²) in [7, 11) is 0. The largest absolute Gasteiger partial charge is 0.390 e. The highest BCUT2D eigenvalue weighted by molar-refractivity contribution is 5.78. The quantitative estimate of drug-likeness (QED) is 0.901. The normalized spacial score (nSPS) is 30.3. The highest BCUT2D eigenvalue weighted by atomic mass is 16.5. The number of fused-ring (bicyclic) bond motifs is 1. The molecule has 120 valence electrons. The van der Waals surface area contributed by atoms with E-state index in [0.717, 1.165) is 16.7 Å². The van der Waals surface area contributed by atoms with Crippen molar-refractivity contribution in [2.24, 2.45) is 11.8 Å². The Morgan fingerprint density at radius 2 is 2.05 bits per heavy atom. The first-order valence-electron chi connectivity index (χ1n) is 7.71. The van der Waals surface area contributed by atoms with Crippen molar-refractivity contribution in [3.05, 3.63) is 24.3 Å². The van der Waals surface area contributed by atoms with Gasteiger partial charge in [0, 0.05) is 17.5 Å². The number of rotatable bonds is 3. The van der Waals surface area contributed by atoms with Crippen LogP contribution in [0.1, 0.15) is 32.7 Å². The van der Waals surface area contributed by atoms with Gasteiger partial charge in [-0.2, -0.15) is 0 Å². The van der Waals surface area contributed by atoms with Crippen molar-refractivity contribution < 1.29 is 14.9 Å². The zero-order valence-corrected chi connectivity index (χ0v) is 13.3. The Bertz CT molecular complexity index is 670. The van der Waals surface area contributed by atoms with Crippen LogP contribution in [0.4, 0.5) is 0 Å². The average Bonchev–Trinajstić information content (AvgIpc) is 3.02. The second-order valence-electron chi connectivity index (χ2n) is 6.49. The van der Waals surface area contributed by atoms with Gasteiger partial charge in [0.1, 0.15) is 18.1 Å². The summed E-state index contributed by atoms with van der Waals surface area (Å²) in [5.41, 5.74) is 1.63. The molecular weight excluding hydrogens is 282 g/mol. The van der Waals surface area contributed by atoms with Gasteiger partial charge in [-0.05, 0) is 18.9 Å². The Hall–Kier alpha value is -1.50. The van der Waals surface area contributed by atoms with E-state index in [0.29, 0.717) is 0 Å². The third kappa shape index (κ3) is 2.31. The molecule has 3 heterocycles. The van der Waals surface area contributed by atoms with Crippen LogP contribution >= 0.6 is 0 Å². The molecule has 0 spiro atoms. The lowest BCUT2D eigenvalue weighted by atomic mass is 9.91. The van der Waals surface area contributed by atoms with Gasteiger partial charge < -0.3 is 19.5 Å². The molecule has 0 aliphatic carbocycles. The van der Waals surface area contributed by atoms with Gasteiger partial charge in [-0.25, -0.2) is 9.97 Å². The van der Waals surface area contributed by atoms with Crippen LogP contribution < -0.4 is 0 Å². The number of hydrogen-bond donors (Lipinski definition) is 2. The van der Waals surface area contributed by atoms with Crippen LogP contribution in [0.3, 0.4) is 0 Å². The molecule has 0 radical (unpaired) electrons. The van der Waals surface area contributed by atoms with E-state index in [1.807, 2.05) is 44.5 Å². The molecule has 1 saturated heterocycles. The third-order valence-electron chi connectivity index (χ3n) is 4.65. The van der Waals surface area contributed by atoms with Crippen molar-refractivity contribution in [3.63, 3.8) is 0 Å². The molecule has 2 N–H and O–H groups in total. The topological polar surface area (TPSA) is 80.4 Å². The molecule has 1 aliphatic rings. The van der Waals surface area contributed by atoms with E-state index in [2.05, 4.69) is 9.97 Å². The second kappa shape index (κ2) is 5.61. The van der Waals surface area contributed by atoms with Crippen LogP contribution in [0.25, 0.3) is 11.0 Å². The van der Waals surface area contributed by atoms with E-state index in [1.165, 1.54) is 6.33 Å². The standard InChI is InChI=1S/C16H23N3O3/c1-8(2)12(20)14-9(3)13(21)16(22-14)19-6-5-11-10(4)17-7-18-15(11)19/h5-9,12-14,16,20-21H,1-4H3/t9-,12-,13+,14-,16+/m0/s1. The summed E-state index contributed by atoms with van der Waals surface area (Å²) in [5.74, 6) is -0.0767.